The fraction of sp³-hybridized carbons (Fsp3) is 0.650. The van der Waals surface area contributed by atoms with E-state index in [1.54, 1.807) is 36.5 Å². The number of unbranched alkanes of at least 4 members (excludes halogenated alkanes) is 11. The van der Waals surface area contributed by atoms with E-state index in [4.69, 9.17) is 19.3 Å². The van der Waals surface area contributed by atoms with Gasteiger partial charge in [0.05, 0.1) is 18.8 Å². The Morgan fingerprint density at radius 2 is 1.16 bits per heavy atom. The molecule has 0 saturated heterocycles. The van der Waals surface area contributed by atoms with Crippen molar-refractivity contribution in [3.05, 3.63) is 72.9 Å². The Hall–Kier alpha value is -2.59. The molecule has 0 aliphatic heterocycles. The van der Waals surface area contributed by atoms with Crippen molar-refractivity contribution < 1.29 is 48.2 Å². The van der Waals surface area contributed by atoms with Gasteiger partial charge in [0.2, 0.25) is 0 Å². The summed E-state index contributed by atoms with van der Waals surface area (Å²) >= 11 is 0. The number of hydrogen-bond acceptors (Lipinski definition) is 8. The van der Waals surface area contributed by atoms with Gasteiger partial charge in [-0.3, -0.25) is 14.1 Å². The lowest BCUT2D eigenvalue weighted by molar-refractivity contribution is -0.161. The molecule has 0 aromatic rings. The average Bonchev–Trinajstić information content (AvgIpc) is 3.08. The van der Waals surface area contributed by atoms with Crippen molar-refractivity contribution in [1.82, 2.24) is 0 Å². The smallest absolute Gasteiger partial charge is 0.462 e. The third-order valence-electron chi connectivity index (χ3n) is 7.67. The number of rotatable bonds is 33. The van der Waals surface area contributed by atoms with Gasteiger partial charge in [-0.05, 0) is 38.5 Å². The summed E-state index contributed by atoms with van der Waals surface area (Å²) in [6, 6.07) is 0. The third-order valence-corrected chi connectivity index (χ3v) is 8.15. The van der Waals surface area contributed by atoms with Crippen molar-refractivity contribution in [3.63, 3.8) is 0 Å². The first-order valence-corrected chi connectivity index (χ1v) is 20.5. The van der Waals surface area contributed by atoms with E-state index in [-0.39, 0.29) is 19.4 Å². The van der Waals surface area contributed by atoms with Gasteiger partial charge in [-0.25, -0.2) is 4.57 Å². The topological polar surface area (TPSA) is 160 Å². The number of phosphoric ester groups is 1. The van der Waals surface area contributed by atoms with Gasteiger partial charge in [0.15, 0.2) is 6.10 Å². The molecule has 3 atom stereocenters. The summed E-state index contributed by atoms with van der Waals surface area (Å²) in [5, 5.41) is 19.9. The second-order valence-corrected chi connectivity index (χ2v) is 13.8. The number of aliphatic hydroxyl groups excluding tert-OH is 2. The number of aliphatic hydroxyl groups is 2. The molecule has 0 aromatic carbocycles. The molecule has 0 aliphatic carbocycles. The molecule has 11 heteroatoms. The Morgan fingerprint density at radius 1 is 0.627 bits per heavy atom. The highest BCUT2D eigenvalue weighted by Gasteiger charge is 2.22. The molecular formula is C40H67O10P. The molecule has 0 rings (SSSR count). The fourth-order valence-electron chi connectivity index (χ4n) is 4.81. The van der Waals surface area contributed by atoms with Crippen LogP contribution in [0.1, 0.15) is 136 Å². The van der Waals surface area contributed by atoms with E-state index in [1.807, 2.05) is 43.4 Å². The molecule has 0 bridgehead atoms. The zero-order valence-electron chi connectivity index (χ0n) is 31.2. The largest absolute Gasteiger partial charge is 0.469 e. The van der Waals surface area contributed by atoms with Crippen molar-refractivity contribution in [2.45, 2.75) is 154 Å². The molecule has 51 heavy (non-hydrogen) atoms. The van der Waals surface area contributed by atoms with Crippen LogP contribution in [0.2, 0.25) is 0 Å². The molecule has 0 aliphatic rings. The van der Waals surface area contributed by atoms with Crippen molar-refractivity contribution in [2.24, 2.45) is 0 Å². The third kappa shape index (κ3) is 37.0. The lowest BCUT2D eigenvalue weighted by Gasteiger charge is -2.18. The monoisotopic (exact) mass is 738 g/mol. The lowest BCUT2D eigenvalue weighted by Crippen LogP contribution is -2.29. The van der Waals surface area contributed by atoms with Crippen molar-refractivity contribution >= 4 is 19.8 Å². The maximum Gasteiger partial charge on any atom is 0.469 e. The van der Waals surface area contributed by atoms with Gasteiger partial charge in [0, 0.05) is 12.8 Å². The summed E-state index contributed by atoms with van der Waals surface area (Å²) in [7, 11) is -4.79. The molecule has 0 saturated carbocycles. The highest BCUT2D eigenvalue weighted by molar-refractivity contribution is 7.46. The second kappa shape index (κ2) is 34.5. The SMILES string of the molecule is CC/C=C\C[C@@H](O)/C=C/C=C\C=C\[C@@H](O)C/C=C\C/C=C\CCC(=O)OC[C@H](COP(=O)(O)O)OC(=O)CCCCCCCCCCCCCC. The number of carbonyl (C=O) groups excluding carboxylic acids is 2. The first-order valence-electron chi connectivity index (χ1n) is 18.9. The number of carbonyl (C=O) groups is 2. The van der Waals surface area contributed by atoms with Crippen molar-refractivity contribution in [1.29, 1.82) is 0 Å². The predicted octanol–water partition coefficient (Wildman–Crippen LogP) is 9.06. The molecule has 0 amide bonds. The van der Waals surface area contributed by atoms with E-state index in [0.717, 1.165) is 25.7 Å². The maximum atomic E-state index is 12.3. The zero-order chi connectivity index (χ0) is 37.8. The summed E-state index contributed by atoms with van der Waals surface area (Å²) in [6.07, 6.45) is 37.0. The molecule has 10 nitrogen and oxygen atoms in total. The van der Waals surface area contributed by atoms with E-state index >= 15 is 0 Å². The quantitative estimate of drug-likeness (QED) is 0.0168. The summed E-state index contributed by atoms with van der Waals surface area (Å²) in [5.74, 6) is -1.06. The minimum Gasteiger partial charge on any atom is -0.462 e. The van der Waals surface area contributed by atoms with Crippen LogP contribution in [0.15, 0.2) is 72.9 Å². The standard InChI is InChI=1S/C40H67O10P/c1-3-5-7-8-9-10-11-12-13-14-19-27-33-40(44)50-38(35-49-51(45,46)47)34-48-39(43)32-26-18-16-15-17-23-29-37(42)31-25-21-20-24-30-36(41)28-22-6-4-2/h6,16-18,20-25,30-31,36-38,41-42H,3-5,7-15,19,26-29,32-35H2,1-2H3,(H2,45,46,47)/b18-16-,21-20-,22-6-,23-17-,30-24+,31-25+/t36-,37+,38-/m1/s1. The number of hydrogen-bond donors (Lipinski definition) is 4. The fourth-order valence-corrected chi connectivity index (χ4v) is 5.17. The van der Waals surface area contributed by atoms with E-state index in [2.05, 4.69) is 11.4 Å². The van der Waals surface area contributed by atoms with Gasteiger partial charge in [0.25, 0.3) is 0 Å². The molecular weight excluding hydrogens is 671 g/mol. The minimum atomic E-state index is -4.79. The Balaban J connectivity index is 4.24. The summed E-state index contributed by atoms with van der Waals surface area (Å²) in [4.78, 5) is 42.6. The number of esters is 2. The molecule has 0 spiro atoms. The van der Waals surface area contributed by atoms with Crippen LogP contribution >= 0.6 is 7.82 Å². The Bertz CT molecular complexity index is 1090. The Morgan fingerprint density at radius 3 is 1.71 bits per heavy atom. The van der Waals surface area contributed by atoms with E-state index < -0.39 is 44.7 Å². The molecule has 0 fully saturated rings. The van der Waals surface area contributed by atoms with Crippen LogP contribution in [0.4, 0.5) is 0 Å². The lowest BCUT2D eigenvalue weighted by atomic mass is 10.0. The highest BCUT2D eigenvalue weighted by atomic mass is 31.2. The van der Waals surface area contributed by atoms with Gasteiger partial charge in [-0.1, -0.05) is 157 Å². The van der Waals surface area contributed by atoms with Crippen molar-refractivity contribution in [2.75, 3.05) is 13.2 Å². The average molecular weight is 739 g/mol. The van der Waals surface area contributed by atoms with Crippen LogP contribution < -0.4 is 0 Å². The van der Waals surface area contributed by atoms with Crippen LogP contribution in [0.25, 0.3) is 0 Å². The summed E-state index contributed by atoms with van der Waals surface area (Å²) in [6.45, 7) is 3.32. The predicted molar refractivity (Wildman–Crippen MR) is 205 cm³/mol. The minimum absolute atomic E-state index is 0.0835. The number of allylic oxidation sites excluding steroid dienone is 8. The molecule has 0 unspecified atom stereocenters. The molecule has 4 N–H and O–H groups in total. The molecule has 0 radical (unpaired) electrons. The second-order valence-electron chi connectivity index (χ2n) is 12.6. The van der Waals surface area contributed by atoms with Crippen molar-refractivity contribution in [3.8, 4) is 0 Å². The van der Waals surface area contributed by atoms with Crippen LogP contribution in [-0.2, 0) is 28.2 Å². The van der Waals surface area contributed by atoms with Gasteiger partial charge in [-0.2, -0.15) is 0 Å². The van der Waals surface area contributed by atoms with Gasteiger partial charge in [0.1, 0.15) is 6.61 Å². The normalized spacial score (nSPS) is 14.5. The number of phosphoric acid groups is 1. The number of ether oxygens (including phenoxy) is 2. The van der Waals surface area contributed by atoms with Gasteiger partial charge in [-0.15, -0.1) is 0 Å². The van der Waals surface area contributed by atoms with Crippen LogP contribution in [0, 0.1) is 0 Å². The first kappa shape index (κ1) is 48.4. The first-order chi connectivity index (χ1) is 24.6. The summed E-state index contributed by atoms with van der Waals surface area (Å²) in [5.41, 5.74) is 0. The molecule has 292 valence electrons. The van der Waals surface area contributed by atoms with Crippen LogP contribution in [0.5, 0.6) is 0 Å². The summed E-state index contributed by atoms with van der Waals surface area (Å²) < 4.78 is 26.2. The van der Waals surface area contributed by atoms with Gasteiger partial charge >= 0.3 is 19.8 Å². The molecule has 0 aromatic heterocycles. The van der Waals surface area contributed by atoms with E-state index in [0.29, 0.717) is 32.1 Å². The van der Waals surface area contributed by atoms with E-state index in [9.17, 15) is 24.4 Å². The van der Waals surface area contributed by atoms with Gasteiger partial charge < -0.3 is 29.5 Å². The van der Waals surface area contributed by atoms with Crippen LogP contribution in [-0.4, -0.2) is 63.5 Å². The highest BCUT2D eigenvalue weighted by Crippen LogP contribution is 2.36. The van der Waals surface area contributed by atoms with Crippen LogP contribution in [0.3, 0.4) is 0 Å². The Labute approximate surface area is 307 Å². The molecule has 0 heterocycles. The Kier molecular flexibility index (Phi) is 32.7. The van der Waals surface area contributed by atoms with E-state index in [1.165, 1.54) is 51.4 Å². The zero-order valence-corrected chi connectivity index (χ0v) is 32.1. The maximum absolute atomic E-state index is 12.3.